The quantitative estimate of drug-likeness (QED) is 0.888. The van der Waals surface area contributed by atoms with Crippen molar-refractivity contribution in [2.75, 3.05) is 13.1 Å². The number of aliphatic hydroxyl groups is 1. The number of rotatable bonds is 5. The number of carbonyl (C=O) groups is 1. The summed E-state index contributed by atoms with van der Waals surface area (Å²) in [6.07, 6.45) is 1.26. The Kier molecular flexibility index (Phi) is 5.28. The molecule has 0 unspecified atom stereocenters. The third-order valence-corrected chi connectivity index (χ3v) is 4.91. The van der Waals surface area contributed by atoms with Crippen molar-refractivity contribution in [1.82, 2.24) is 4.90 Å². The van der Waals surface area contributed by atoms with Gasteiger partial charge in [0, 0.05) is 0 Å². The Hall–Kier alpha value is -2.17. The predicted molar refractivity (Wildman–Crippen MR) is 94.1 cm³/mol. The van der Waals surface area contributed by atoms with Crippen molar-refractivity contribution in [2.45, 2.75) is 25.0 Å². The summed E-state index contributed by atoms with van der Waals surface area (Å²) in [5.74, 6) is -0.101. The van der Waals surface area contributed by atoms with Crippen LogP contribution in [0.1, 0.15) is 36.1 Å². The summed E-state index contributed by atoms with van der Waals surface area (Å²) in [6, 6.07) is 19.1. The van der Waals surface area contributed by atoms with E-state index in [4.69, 9.17) is 5.73 Å². The minimum atomic E-state index is -0.447. The van der Waals surface area contributed by atoms with Gasteiger partial charge in [0.2, 0.25) is 5.91 Å². The third-order valence-electron chi connectivity index (χ3n) is 4.91. The molecule has 1 aliphatic rings. The maximum atomic E-state index is 12.0. The lowest BCUT2D eigenvalue weighted by Gasteiger charge is -2.38. The van der Waals surface area contributed by atoms with Crippen molar-refractivity contribution in [1.29, 1.82) is 0 Å². The zero-order valence-electron chi connectivity index (χ0n) is 13.7. The lowest BCUT2D eigenvalue weighted by Crippen LogP contribution is -2.43. The van der Waals surface area contributed by atoms with Crippen molar-refractivity contribution >= 4 is 5.91 Å². The van der Waals surface area contributed by atoms with E-state index < -0.39 is 6.10 Å². The zero-order chi connectivity index (χ0) is 16.9. The molecule has 1 aliphatic heterocycles. The van der Waals surface area contributed by atoms with Gasteiger partial charge in [-0.05, 0) is 43.0 Å². The molecule has 0 aromatic heterocycles. The molecule has 1 amide bonds. The average Bonchev–Trinajstić information content (AvgIpc) is 2.63. The van der Waals surface area contributed by atoms with Crippen LogP contribution in [0.5, 0.6) is 0 Å². The van der Waals surface area contributed by atoms with Gasteiger partial charge in [0.15, 0.2) is 0 Å². The van der Waals surface area contributed by atoms with Crippen LogP contribution >= 0.6 is 0 Å². The molecule has 4 nitrogen and oxygen atoms in total. The van der Waals surface area contributed by atoms with Gasteiger partial charge in [0.1, 0.15) is 6.04 Å². The molecular formula is C20H24N2O2. The average molecular weight is 324 g/mol. The number of nitrogens with two attached hydrogens (primary N) is 1. The zero-order valence-corrected chi connectivity index (χ0v) is 13.7. The van der Waals surface area contributed by atoms with Crippen LogP contribution in [0.4, 0.5) is 0 Å². The summed E-state index contributed by atoms with van der Waals surface area (Å²) in [5.41, 5.74) is 7.56. The van der Waals surface area contributed by atoms with Gasteiger partial charge in [-0.15, -0.1) is 0 Å². The standard InChI is InChI=1S/C20H24N2O2/c21-20(24)18(15-7-3-1-4-8-15)22-13-11-17(12-14-22)19(23)16-9-5-2-6-10-16/h1-10,17-19,23H,11-14H2,(H2,21,24)/t18-,19+/m1/s1. The number of aliphatic hydroxyl groups excluding tert-OH is 1. The van der Waals surface area contributed by atoms with E-state index >= 15 is 0 Å². The molecule has 1 fully saturated rings. The number of primary amides is 1. The highest BCUT2D eigenvalue weighted by atomic mass is 16.3. The van der Waals surface area contributed by atoms with Crippen LogP contribution in [-0.4, -0.2) is 29.0 Å². The molecule has 126 valence electrons. The number of carbonyl (C=O) groups excluding carboxylic acids is 1. The first-order valence-electron chi connectivity index (χ1n) is 8.48. The van der Waals surface area contributed by atoms with E-state index in [1.165, 1.54) is 0 Å². The molecule has 0 bridgehead atoms. The molecule has 0 saturated carbocycles. The van der Waals surface area contributed by atoms with E-state index in [0.29, 0.717) is 0 Å². The van der Waals surface area contributed by atoms with Gasteiger partial charge in [-0.2, -0.15) is 0 Å². The van der Waals surface area contributed by atoms with Crippen LogP contribution in [0, 0.1) is 5.92 Å². The summed E-state index contributed by atoms with van der Waals surface area (Å²) in [4.78, 5) is 14.1. The number of amides is 1. The van der Waals surface area contributed by atoms with Crippen molar-refractivity contribution in [3.8, 4) is 0 Å². The molecule has 0 radical (unpaired) electrons. The lowest BCUT2D eigenvalue weighted by molar-refractivity contribution is -0.124. The Labute approximate surface area is 142 Å². The smallest absolute Gasteiger partial charge is 0.239 e. The summed E-state index contributed by atoms with van der Waals surface area (Å²) < 4.78 is 0. The highest BCUT2D eigenvalue weighted by molar-refractivity contribution is 5.81. The van der Waals surface area contributed by atoms with Crippen LogP contribution < -0.4 is 5.73 Å². The molecular weight excluding hydrogens is 300 g/mol. The Morgan fingerprint density at radius 1 is 0.958 bits per heavy atom. The topological polar surface area (TPSA) is 66.6 Å². The van der Waals surface area contributed by atoms with Crippen LogP contribution in [0.2, 0.25) is 0 Å². The van der Waals surface area contributed by atoms with Crippen LogP contribution in [0.15, 0.2) is 60.7 Å². The van der Waals surface area contributed by atoms with E-state index in [9.17, 15) is 9.90 Å². The fraction of sp³-hybridized carbons (Fsp3) is 0.350. The first-order valence-corrected chi connectivity index (χ1v) is 8.48. The molecule has 24 heavy (non-hydrogen) atoms. The fourth-order valence-corrected chi connectivity index (χ4v) is 3.61. The van der Waals surface area contributed by atoms with Crippen LogP contribution in [-0.2, 0) is 4.79 Å². The largest absolute Gasteiger partial charge is 0.388 e. The van der Waals surface area contributed by atoms with E-state index in [1.54, 1.807) is 0 Å². The van der Waals surface area contributed by atoms with Crippen LogP contribution in [0.25, 0.3) is 0 Å². The highest BCUT2D eigenvalue weighted by Gasteiger charge is 2.32. The van der Waals surface area contributed by atoms with Crippen LogP contribution in [0.3, 0.4) is 0 Å². The Morgan fingerprint density at radius 2 is 1.46 bits per heavy atom. The van der Waals surface area contributed by atoms with Crippen molar-refractivity contribution in [3.05, 3.63) is 71.8 Å². The van der Waals surface area contributed by atoms with E-state index in [2.05, 4.69) is 4.90 Å². The monoisotopic (exact) mass is 324 g/mol. The predicted octanol–water partition coefficient (Wildman–Crippen LogP) is 2.66. The number of hydrogen-bond donors (Lipinski definition) is 2. The second kappa shape index (κ2) is 7.60. The van der Waals surface area contributed by atoms with Gasteiger partial charge in [0.25, 0.3) is 0 Å². The summed E-state index contributed by atoms with van der Waals surface area (Å²) in [6.45, 7) is 1.52. The number of nitrogens with zero attached hydrogens (tertiary/aromatic N) is 1. The summed E-state index contributed by atoms with van der Waals surface area (Å²) in [7, 11) is 0. The van der Waals surface area contributed by atoms with E-state index in [0.717, 1.165) is 37.1 Å². The van der Waals surface area contributed by atoms with Crippen molar-refractivity contribution < 1.29 is 9.90 Å². The molecule has 0 aliphatic carbocycles. The molecule has 4 heteroatoms. The minimum absolute atomic E-state index is 0.216. The number of piperidine rings is 1. The van der Waals surface area contributed by atoms with Gasteiger partial charge < -0.3 is 10.8 Å². The third kappa shape index (κ3) is 3.66. The van der Waals surface area contributed by atoms with Crippen molar-refractivity contribution in [2.24, 2.45) is 11.7 Å². The molecule has 2 atom stereocenters. The SMILES string of the molecule is NC(=O)[C@@H](c1ccccc1)N1CCC([C@@H](O)c2ccccc2)CC1. The van der Waals surface area contributed by atoms with Gasteiger partial charge in [-0.25, -0.2) is 0 Å². The van der Waals surface area contributed by atoms with E-state index in [-0.39, 0.29) is 17.9 Å². The molecule has 1 heterocycles. The maximum Gasteiger partial charge on any atom is 0.239 e. The highest BCUT2D eigenvalue weighted by Crippen LogP contribution is 2.33. The van der Waals surface area contributed by atoms with Gasteiger partial charge >= 0.3 is 0 Å². The summed E-state index contributed by atoms with van der Waals surface area (Å²) >= 11 is 0. The minimum Gasteiger partial charge on any atom is -0.388 e. The number of benzene rings is 2. The molecule has 3 N–H and O–H groups in total. The molecule has 0 spiro atoms. The first-order chi connectivity index (χ1) is 11.7. The molecule has 2 aromatic rings. The Morgan fingerprint density at radius 3 is 1.96 bits per heavy atom. The normalized spacial score (nSPS) is 18.9. The Balaban J connectivity index is 1.66. The van der Waals surface area contributed by atoms with E-state index in [1.807, 2.05) is 60.7 Å². The second-order valence-electron chi connectivity index (χ2n) is 6.44. The summed E-state index contributed by atoms with van der Waals surface area (Å²) in [5, 5.41) is 10.6. The maximum absolute atomic E-state index is 12.0. The molecule has 2 aromatic carbocycles. The Bertz CT molecular complexity index is 652. The number of hydrogen-bond acceptors (Lipinski definition) is 3. The fourth-order valence-electron chi connectivity index (χ4n) is 3.61. The van der Waals surface area contributed by atoms with Gasteiger partial charge in [0.05, 0.1) is 6.10 Å². The first kappa shape index (κ1) is 16.7. The lowest BCUT2D eigenvalue weighted by atomic mass is 9.86. The van der Waals surface area contributed by atoms with Gasteiger partial charge in [-0.1, -0.05) is 60.7 Å². The number of likely N-dealkylation sites (tertiary alicyclic amines) is 1. The molecule has 3 rings (SSSR count). The van der Waals surface area contributed by atoms with Gasteiger partial charge in [-0.3, -0.25) is 9.69 Å². The second-order valence-corrected chi connectivity index (χ2v) is 6.44. The molecule has 1 saturated heterocycles. The van der Waals surface area contributed by atoms with Crippen molar-refractivity contribution in [3.63, 3.8) is 0 Å².